The third-order valence-electron chi connectivity index (χ3n) is 4.23. The summed E-state index contributed by atoms with van der Waals surface area (Å²) in [7, 11) is 1.80. The summed E-state index contributed by atoms with van der Waals surface area (Å²) in [6.07, 6.45) is 0. The molecule has 0 unspecified atom stereocenters. The number of hydrogen-bond acceptors (Lipinski definition) is 3. The molecular formula is C17H28ClN5. The predicted octanol–water partition coefficient (Wildman–Crippen LogP) is 1.64. The van der Waals surface area contributed by atoms with E-state index in [1.54, 1.807) is 7.05 Å². The average Bonchev–Trinajstić information content (AvgIpc) is 2.60. The van der Waals surface area contributed by atoms with E-state index in [4.69, 9.17) is 11.6 Å². The molecular weight excluding hydrogens is 310 g/mol. The zero-order valence-corrected chi connectivity index (χ0v) is 14.9. The molecule has 1 fully saturated rings. The monoisotopic (exact) mass is 337 g/mol. The highest BCUT2D eigenvalue weighted by Crippen LogP contribution is 2.09. The van der Waals surface area contributed by atoms with E-state index in [1.807, 2.05) is 24.3 Å². The molecule has 0 saturated carbocycles. The quantitative estimate of drug-likeness (QED) is 0.612. The Labute approximate surface area is 144 Å². The van der Waals surface area contributed by atoms with Crippen molar-refractivity contribution < 1.29 is 0 Å². The number of guanidine groups is 1. The number of likely N-dealkylation sites (N-methyl/N-ethyl adjacent to an activating group) is 1. The van der Waals surface area contributed by atoms with Crippen LogP contribution in [-0.2, 0) is 6.54 Å². The van der Waals surface area contributed by atoms with Gasteiger partial charge in [-0.3, -0.25) is 9.89 Å². The van der Waals surface area contributed by atoms with Gasteiger partial charge in [-0.15, -0.1) is 0 Å². The fraction of sp³-hybridized carbons (Fsp3) is 0.588. The predicted molar refractivity (Wildman–Crippen MR) is 98.2 cm³/mol. The highest BCUT2D eigenvalue weighted by atomic mass is 35.5. The number of halogens is 1. The first kappa shape index (κ1) is 18.0. The second-order valence-electron chi connectivity index (χ2n) is 5.75. The van der Waals surface area contributed by atoms with E-state index in [-0.39, 0.29) is 0 Å². The van der Waals surface area contributed by atoms with Crippen molar-refractivity contribution >= 4 is 17.6 Å². The lowest BCUT2D eigenvalue weighted by atomic mass is 10.2. The maximum Gasteiger partial charge on any atom is 0.191 e. The molecule has 5 nitrogen and oxygen atoms in total. The van der Waals surface area contributed by atoms with Gasteiger partial charge in [0.15, 0.2) is 5.96 Å². The molecule has 6 heteroatoms. The van der Waals surface area contributed by atoms with Crippen molar-refractivity contribution in [2.24, 2.45) is 4.99 Å². The molecule has 1 saturated heterocycles. The number of rotatable bonds is 6. The van der Waals surface area contributed by atoms with E-state index in [0.717, 1.165) is 50.3 Å². The number of benzene rings is 1. The largest absolute Gasteiger partial charge is 0.355 e. The van der Waals surface area contributed by atoms with Crippen LogP contribution in [-0.4, -0.2) is 68.6 Å². The SMILES string of the molecule is CCN1CCN(CCNC(=NC)NCc2ccc(Cl)cc2)CC1. The highest BCUT2D eigenvalue weighted by Gasteiger charge is 2.14. The fourth-order valence-corrected chi connectivity index (χ4v) is 2.80. The molecule has 1 aromatic rings. The normalized spacial score (nSPS) is 17.3. The highest BCUT2D eigenvalue weighted by molar-refractivity contribution is 6.30. The molecule has 0 radical (unpaired) electrons. The molecule has 1 aliphatic rings. The van der Waals surface area contributed by atoms with Crippen molar-refractivity contribution in [2.45, 2.75) is 13.5 Å². The number of aliphatic imine (C=N–C) groups is 1. The minimum atomic E-state index is 0.742. The van der Waals surface area contributed by atoms with Crippen LogP contribution in [0.5, 0.6) is 0 Å². The van der Waals surface area contributed by atoms with Gasteiger partial charge in [-0.05, 0) is 24.2 Å². The van der Waals surface area contributed by atoms with Crippen molar-refractivity contribution in [3.8, 4) is 0 Å². The van der Waals surface area contributed by atoms with Crippen molar-refractivity contribution in [2.75, 3.05) is 52.9 Å². The minimum Gasteiger partial charge on any atom is -0.355 e. The van der Waals surface area contributed by atoms with Crippen LogP contribution in [0.2, 0.25) is 5.02 Å². The third kappa shape index (κ3) is 6.37. The van der Waals surface area contributed by atoms with Gasteiger partial charge in [-0.25, -0.2) is 0 Å². The second-order valence-corrected chi connectivity index (χ2v) is 6.19. The van der Waals surface area contributed by atoms with E-state index in [1.165, 1.54) is 18.7 Å². The summed E-state index contributed by atoms with van der Waals surface area (Å²) < 4.78 is 0. The zero-order valence-electron chi connectivity index (χ0n) is 14.2. The van der Waals surface area contributed by atoms with Gasteiger partial charge >= 0.3 is 0 Å². The van der Waals surface area contributed by atoms with Gasteiger partial charge in [0, 0.05) is 57.9 Å². The van der Waals surface area contributed by atoms with Crippen molar-refractivity contribution in [1.29, 1.82) is 0 Å². The lowest BCUT2D eigenvalue weighted by molar-refractivity contribution is 0.139. The Bertz CT molecular complexity index is 480. The Kier molecular flexibility index (Phi) is 7.65. The minimum absolute atomic E-state index is 0.742. The molecule has 1 aromatic carbocycles. The summed E-state index contributed by atoms with van der Waals surface area (Å²) in [4.78, 5) is 9.27. The van der Waals surface area contributed by atoms with Gasteiger partial charge < -0.3 is 15.5 Å². The number of nitrogens with one attached hydrogen (secondary N) is 2. The molecule has 0 bridgehead atoms. The first-order chi connectivity index (χ1) is 11.2. The summed E-state index contributed by atoms with van der Waals surface area (Å²) in [5.41, 5.74) is 1.19. The van der Waals surface area contributed by atoms with E-state index in [2.05, 4.69) is 32.3 Å². The number of piperazine rings is 1. The van der Waals surface area contributed by atoms with Gasteiger partial charge in [0.2, 0.25) is 0 Å². The molecule has 2 rings (SSSR count). The van der Waals surface area contributed by atoms with Crippen LogP contribution in [0.25, 0.3) is 0 Å². The average molecular weight is 338 g/mol. The van der Waals surface area contributed by atoms with Crippen LogP contribution in [0.15, 0.2) is 29.3 Å². The Balaban J connectivity index is 1.64. The van der Waals surface area contributed by atoms with E-state index < -0.39 is 0 Å². The van der Waals surface area contributed by atoms with Gasteiger partial charge in [0.05, 0.1) is 0 Å². The molecule has 128 valence electrons. The standard InChI is InChI=1S/C17H28ClN5/c1-3-22-10-12-23(13-11-22)9-8-20-17(19-2)21-14-15-4-6-16(18)7-5-15/h4-7H,3,8-14H2,1-2H3,(H2,19,20,21). The van der Waals surface area contributed by atoms with Gasteiger partial charge in [0.25, 0.3) is 0 Å². The van der Waals surface area contributed by atoms with E-state index in [9.17, 15) is 0 Å². The second kappa shape index (κ2) is 9.75. The van der Waals surface area contributed by atoms with Crippen LogP contribution in [0.3, 0.4) is 0 Å². The summed E-state index contributed by atoms with van der Waals surface area (Å²) >= 11 is 5.90. The molecule has 0 spiro atoms. The molecule has 1 aliphatic heterocycles. The van der Waals surface area contributed by atoms with E-state index in [0.29, 0.717) is 0 Å². The summed E-state index contributed by atoms with van der Waals surface area (Å²) in [5.74, 6) is 0.840. The molecule has 1 heterocycles. The Hall–Kier alpha value is -1.30. The topological polar surface area (TPSA) is 42.9 Å². The molecule has 0 aromatic heterocycles. The van der Waals surface area contributed by atoms with Crippen LogP contribution >= 0.6 is 11.6 Å². The fourth-order valence-electron chi connectivity index (χ4n) is 2.67. The maximum atomic E-state index is 5.90. The van der Waals surface area contributed by atoms with Crippen molar-refractivity contribution in [1.82, 2.24) is 20.4 Å². The molecule has 0 amide bonds. The first-order valence-corrected chi connectivity index (χ1v) is 8.72. The number of hydrogen-bond donors (Lipinski definition) is 2. The summed E-state index contributed by atoms with van der Waals surface area (Å²) in [5, 5.41) is 7.47. The van der Waals surface area contributed by atoms with Crippen LogP contribution in [0.1, 0.15) is 12.5 Å². The first-order valence-electron chi connectivity index (χ1n) is 8.35. The molecule has 0 atom stereocenters. The smallest absolute Gasteiger partial charge is 0.191 e. The van der Waals surface area contributed by atoms with Crippen LogP contribution in [0, 0.1) is 0 Å². The summed E-state index contributed by atoms with van der Waals surface area (Å²) in [6, 6.07) is 7.86. The third-order valence-corrected chi connectivity index (χ3v) is 4.48. The molecule has 2 N–H and O–H groups in total. The Morgan fingerprint density at radius 2 is 1.74 bits per heavy atom. The maximum absolute atomic E-state index is 5.90. The lowest BCUT2D eigenvalue weighted by Crippen LogP contribution is -2.49. The summed E-state index contributed by atoms with van der Waals surface area (Å²) in [6.45, 7) is 10.8. The number of nitrogens with zero attached hydrogens (tertiary/aromatic N) is 3. The zero-order chi connectivity index (χ0) is 16.5. The lowest BCUT2D eigenvalue weighted by Gasteiger charge is -2.34. The van der Waals surface area contributed by atoms with Crippen LogP contribution < -0.4 is 10.6 Å². The molecule has 23 heavy (non-hydrogen) atoms. The van der Waals surface area contributed by atoms with E-state index >= 15 is 0 Å². The van der Waals surface area contributed by atoms with Gasteiger partial charge in [-0.1, -0.05) is 30.7 Å². The molecule has 0 aliphatic carbocycles. The van der Waals surface area contributed by atoms with Crippen molar-refractivity contribution in [3.63, 3.8) is 0 Å². The van der Waals surface area contributed by atoms with Crippen LogP contribution in [0.4, 0.5) is 0 Å². The van der Waals surface area contributed by atoms with Gasteiger partial charge in [-0.2, -0.15) is 0 Å². The Morgan fingerprint density at radius 1 is 1.09 bits per heavy atom. The van der Waals surface area contributed by atoms with Gasteiger partial charge in [0.1, 0.15) is 0 Å². The van der Waals surface area contributed by atoms with Crippen molar-refractivity contribution in [3.05, 3.63) is 34.9 Å². The Morgan fingerprint density at radius 3 is 2.35 bits per heavy atom.